The molecule has 23 heavy (non-hydrogen) atoms. The Morgan fingerprint density at radius 3 is 3.00 bits per heavy atom. The maximum atomic E-state index is 8.99. The molecule has 6 heteroatoms. The van der Waals surface area contributed by atoms with Crippen molar-refractivity contribution in [2.75, 3.05) is 0 Å². The van der Waals surface area contributed by atoms with Crippen molar-refractivity contribution >= 4 is 11.3 Å². The number of benzene rings is 1. The van der Waals surface area contributed by atoms with E-state index in [1.54, 1.807) is 17.4 Å². The van der Waals surface area contributed by atoms with Crippen molar-refractivity contribution in [1.29, 1.82) is 5.26 Å². The third-order valence-electron chi connectivity index (χ3n) is 3.53. The molecular formula is C17H17N5S. The van der Waals surface area contributed by atoms with Crippen LogP contribution < -0.4 is 0 Å². The molecule has 116 valence electrons. The van der Waals surface area contributed by atoms with E-state index in [-0.39, 0.29) is 0 Å². The third-order valence-corrected chi connectivity index (χ3v) is 4.73. The minimum atomic E-state index is 0.625. The Kier molecular flexibility index (Phi) is 4.49. The first kappa shape index (κ1) is 15.4. The van der Waals surface area contributed by atoms with E-state index in [2.05, 4.69) is 28.3 Å². The number of nitriles is 1. The molecule has 1 aromatic carbocycles. The molecule has 5 nitrogen and oxygen atoms in total. The van der Waals surface area contributed by atoms with Crippen molar-refractivity contribution < 1.29 is 0 Å². The van der Waals surface area contributed by atoms with Crippen LogP contribution in [0.25, 0.3) is 11.3 Å². The van der Waals surface area contributed by atoms with Crippen molar-refractivity contribution in [2.24, 2.45) is 0 Å². The fourth-order valence-corrected chi connectivity index (χ4v) is 3.52. The molecule has 0 saturated heterocycles. The second-order valence-corrected chi connectivity index (χ2v) is 6.53. The quantitative estimate of drug-likeness (QED) is 0.719. The SMILES string of the molecule is CCCc1nc(C)c(Cn2cc(-c3cccc(C#N)c3)nn2)s1. The number of aromatic nitrogens is 4. The molecule has 0 aliphatic carbocycles. The Morgan fingerprint density at radius 2 is 2.22 bits per heavy atom. The lowest BCUT2D eigenvalue weighted by Gasteiger charge is -1.98. The summed E-state index contributed by atoms with van der Waals surface area (Å²) < 4.78 is 1.82. The van der Waals surface area contributed by atoms with Crippen LogP contribution in [0, 0.1) is 18.3 Å². The van der Waals surface area contributed by atoms with Gasteiger partial charge in [0.1, 0.15) is 5.69 Å². The van der Waals surface area contributed by atoms with Gasteiger partial charge in [-0.25, -0.2) is 9.67 Å². The number of nitrogens with zero attached hydrogens (tertiary/aromatic N) is 5. The molecule has 0 unspecified atom stereocenters. The topological polar surface area (TPSA) is 67.4 Å². The van der Waals surface area contributed by atoms with Crippen LogP contribution in [0.3, 0.4) is 0 Å². The van der Waals surface area contributed by atoms with Crippen molar-refractivity contribution in [3.8, 4) is 17.3 Å². The van der Waals surface area contributed by atoms with Gasteiger partial charge in [-0.3, -0.25) is 0 Å². The van der Waals surface area contributed by atoms with Crippen LogP contribution in [0.4, 0.5) is 0 Å². The summed E-state index contributed by atoms with van der Waals surface area (Å²) >= 11 is 1.75. The van der Waals surface area contributed by atoms with E-state index in [9.17, 15) is 0 Å². The van der Waals surface area contributed by atoms with Crippen LogP contribution in [0.5, 0.6) is 0 Å². The Bertz CT molecular complexity index is 856. The van der Waals surface area contributed by atoms with E-state index < -0.39 is 0 Å². The second kappa shape index (κ2) is 6.71. The smallest absolute Gasteiger partial charge is 0.113 e. The van der Waals surface area contributed by atoms with Crippen LogP contribution in [-0.4, -0.2) is 20.0 Å². The van der Waals surface area contributed by atoms with Gasteiger partial charge in [-0.1, -0.05) is 24.3 Å². The summed E-state index contributed by atoms with van der Waals surface area (Å²) in [5.41, 5.74) is 3.38. The zero-order valence-electron chi connectivity index (χ0n) is 13.2. The van der Waals surface area contributed by atoms with E-state index >= 15 is 0 Å². The first-order valence-corrected chi connectivity index (χ1v) is 8.37. The van der Waals surface area contributed by atoms with Crippen molar-refractivity contribution in [2.45, 2.75) is 33.2 Å². The molecule has 0 saturated carbocycles. The summed E-state index contributed by atoms with van der Waals surface area (Å²) in [4.78, 5) is 5.82. The van der Waals surface area contributed by atoms with Gasteiger partial charge >= 0.3 is 0 Å². The van der Waals surface area contributed by atoms with Gasteiger partial charge in [0.15, 0.2) is 0 Å². The summed E-state index contributed by atoms with van der Waals surface area (Å²) in [7, 11) is 0. The predicted octanol–water partition coefficient (Wildman–Crippen LogP) is 3.58. The van der Waals surface area contributed by atoms with Gasteiger partial charge in [0.05, 0.1) is 35.1 Å². The molecule has 0 spiro atoms. The average molecular weight is 323 g/mol. The highest BCUT2D eigenvalue weighted by molar-refractivity contribution is 7.11. The lowest BCUT2D eigenvalue weighted by Crippen LogP contribution is -1.99. The summed E-state index contributed by atoms with van der Waals surface area (Å²) in [6.45, 7) is 4.88. The minimum Gasteiger partial charge on any atom is -0.247 e. The average Bonchev–Trinajstić information content (AvgIpc) is 3.16. The van der Waals surface area contributed by atoms with Crippen LogP contribution in [0.15, 0.2) is 30.5 Å². The summed E-state index contributed by atoms with van der Waals surface area (Å²) in [5.74, 6) is 0. The second-order valence-electron chi connectivity index (χ2n) is 5.36. The standard InChI is InChI=1S/C17H17N5S/c1-3-5-17-19-12(2)16(23-17)11-22-10-15(20-21-22)14-7-4-6-13(8-14)9-18/h4,6-8,10H,3,5,11H2,1-2H3. The van der Waals surface area contributed by atoms with Crippen molar-refractivity contribution in [3.05, 3.63) is 51.6 Å². The van der Waals surface area contributed by atoms with E-state index in [0.29, 0.717) is 12.1 Å². The zero-order valence-corrected chi connectivity index (χ0v) is 14.0. The predicted molar refractivity (Wildman–Crippen MR) is 90.1 cm³/mol. The van der Waals surface area contributed by atoms with Crippen LogP contribution >= 0.6 is 11.3 Å². The minimum absolute atomic E-state index is 0.625. The van der Waals surface area contributed by atoms with E-state index in [1.165, 1.54) is 9.88 Å². The van der Waals surface area contributed by atoms with Gasteiger partial charge in [-0.15, -0.1) is 16.4 Å². The van der Waals surface area contributed by atoms with Gasteiger partial charge < -0.3 is 0 Å². The lowest BCUT2D eigenvalue weighted by molar-refractivity contribution is 0.653. The van der Waals surface area contributed by atoms with Gasteiger partial charge in [-0.2, -0.15) is 5.26 Å². The molecule has 0 atom stereocenters. The highest BCUT2D eigenvalue weighted by atomic mass is 32.1. The molecule has 0 amide bonds. The Hall–Kier alpha value is -2.52. The number of aryl methyl sites for hydroxylation is 2. The number of hydrogen-bond donors (Lipinski definition) is 0. The van der Waals surface area contributed by atoms with Crippen LogP contribution in [-0.2, 0) is 13.0 Å². The molecular weight excluding hydrogens is 306 g/mol. The van der Waals surface area contributed by atoms with Gasteiger partial charge in [0.25, 0.3) is 0 Å². The molecule has 0 fully saturated rings. The zero-order chi connectivity index (χ0) is 16.2. The Morgan fingerprint density at radius 1 is 1.35 bits per heavy atom. The molecule has 0 aliphatic heterocycles. The van der Waals surface area contributed by atoms with Gasteiger partial charge in [0, 0.05) is 10.4 Å². The number of thiazole rings is 1. The number of rotatable bonds is 5. The lowest BCUT2D eigenvalue weighted by atomic mass is 10.1. The van der Waals surface area contributed by atoms with E-state index in [1.807, 2.05) is 36.0 Å². The monoisotopic (exact) mass is 323 g/mol. The molecule has 0 aliphatic rings. The highest BCUT2D eigenvalue weighted by Crippen LogP contribution is 2.22. The number of hydrogen-bond acceptors (Lipinski definition) is 5. The Balaban J connectivity index is 1.81. The molecule has 0 radical (unpaired) electrons. The van der Waals surface area contributed by atoms with E-state index in [4.69, 9.17) is 5.26 Å². The van der Waals surface area contributed by atoms with Crippen molar-refractivity contribution in [3.63, 3.8) is 0 Å². The Labute approximate surface area is 139 Å². The van der Waals surface area contributed by atoms with Crippen LogP contribution in [0.1, 0.15) is 34.5 Å². The molecule has 3 rings (SSSR count). The molecule has 0 bridgehead atoms. The van der Waals surface area contributed by atoms with Crippen LogP contribution in [0.2, 0.25) is 0 Å². The molecule has 3 aromatic rings. The maximum absolute atomic E-state index is 8.99. The summed E-state index contributed by atoms with van der Waals surface area (Å²) in [5, 5.41) is 18.6. The van der Waals surface area contributed by atoms with Gasteiger partial charge in [0.2, 0.25) is 0 Å². The highest BCUT2D eigenvalue weighted by Gasteiger charge is 2.10. The summed E-state index contributed by atoms with van der Waals surface area (Å²) in [6, 6.07) is 9.55. The molecule has 2 aromatic heterocycles. The van der Waals surface area contributed by atoms with E-state index in [0.717, 1.165) is 29.8 Å². The fraction of sp³-hybridized carbons (Fsp3) is 0.294. The third kappa shape index (κ3) is 3.46. The molecule has 2 heterocycles. The normalized spacial score (nSPS) is 10.7. The first-order valence-electron chi connectivity index (χ1n) is 7.55. The first-order chi connectivity index (χ1) is 11.2. The summed E-state index contributed by atoms with van der Waals surface area (Å²) in [6.07, 6.45) is 4.04. The van der Waals surface area contributed by atoms with Gasteiger partial charge in [-0.05, 0) is 31.9 Å². The fourth-order valence-electron chi connectivity index (χ4n) is 2.36. The largest absolute Gasteiger partial charge is 0.247 e. The van der Waals surface area contributed by atoms with Crippen molar-refractivity contribution in [1.82, 2.24) is 20.0 Å². The maximum Gasteiger partial charge on any atom is 0.113 e. The molecule has 0 N–H and O–H groups in total.